The number of hydrogen-bond donors (Lipinski definition) is 0. The fourth-order valence-electron chi connectivity index (χ4n) is 3.39. The van der Waals surface area contributed by atoms with Crippen LogP contribution >= 0.6 is 0 Å². The molecule has 29 heavy (non-hydrogen) atoms. The Balaban J connectivity index is 1.63. The standard InChI is InChI=1S/C28H32O/c1-3-5-7-8-20-29-28-19-18-26-21-25(16-17-27(26)22-28)15-14-24-12-10-23(11-13-24)9-6-4-2/h10-13,16-19,21-22H,3-9,20H2,1-2H3. The molecule has 0 aliphatic heterocycles. The maximum atomic E-state index is 5.90. The van der Waals surface area contributed by atoms with Gasteiger partial charge in [0.1, 0.15) is 5.75 Å². The van der Waals surface area contributed by atoms with Crippen molar-refractivity contribution in [1.82, 2.24) is 0 Å². The maximum absolute atomic E-state index is 5.90. The monoisotopic (exact) mass is 384 g/mol. The molecule has 0 spiro atoms. The van der Waals surface area contributed by atoms with E-state index in [-0.39, 0.29) is 0 Å². The van der Waals surface area contributed by atoms with Crippen LogP contribution in [0.2, 0.25) is 0 Å². The number of aryl methyl sites for hydroxylation is 1. The number of hydrogen-bond acceptors (Lipinski definition) is 1. The summed E-state index contributed by atoms with van der Waals surface area (Å²) in [5.74, 6) is 7.55. The largest absolute Gasteiger partial charge is 0.494 e. The molecule has 1 nitrogen and oxygen atoms in total. The van der Waals surface area contributed by atoms with Gasteiger partial charge in [-0.1, -0.05) is 75.6 Å². The van der Waals surface area contributed by atoms with Gasteiger partial charge in [-0.3, -0.25) is 0 Å². The van der Waals surface area contributed by atoms with Gasteiger partial charge in [0.05, 0.1) is 6.61 Å². The van der Waals surface area contributed by atoms with E-state index in [0.717, 1.165) is 36.3 Å². The summed E-state index contributed by atoms with van der Waals surface area (Å²) in [5, 5.41) is 2.40. The molecule has 1 heteroatoms. The van der Waals surface area contributed by atoms with Crippen LogP contribution in [0.3, 0.4) is 0 Å². The van der Waals surface area contributed by atoms with E-state index < -0.39 is 0 Å². The van der Waals surface area contributed by atoms with E-state index in [1.165, 1.54) is 48.4 Å². The quantitative estimate of drug-likeness (QED) is 0.273. The molecule has 0 aromatic heterocycles. The summed E-state index contributed by atoms with van der Waals surface area (Å²) in [6, 6.07) is 21.4. The van der Waals surface area contributed by atoms with Gasteiger partial charge in [-0.05, 0) is 72.0 Å². The molecule has 0 unspecified atom stereocenters. The molecule has 150 valence electrons. The van der Waals surface area contributed by atoms with Crippen LogP contribution in [0.15, 0.2) is 60.7 Å². The molecule has 0 amide bonds. The van der Waals surface area contributed by atoms with Crippen molar-refractivity contribution in [2.75, 3.05) is 6.61 Å². The van der Waals surface area contributed by atoms with Gasteiger partial charge in [0.15, 0.2) is 0 Å². The summed E-state index contributed by atoms with van der Waals surface area (Å²) in [4.78, 5) is 0. The van der Waals surface area contributed by atoms with Gasteiger partial charge in [0.25, 0.3) is 0 Å². The van der Waals surface area contributed by atoms with E-state index in [1.54, 1.807) is 0 Å². The van der Waals surface area contributed by atoms with Crippen molar-refractivity contribution in [3.05, 3.63) is 77.4 Å². The molecular formula is C28H32O. The van der Waals surface area contributed by atoms with Crippen LogP contribution in [-0.2, 0) is 6.42 Å². The Hall–Kier alpha value is -2.72. The van der Waals surface area contributed by atoms with Crippen molar-refractivity contribution in [2.24, 2.45) is 0 Å². The highest BCUT2D eigenvalue weighted by Gasteiger charge is 1.99. The lowest BCUT2D eigenvalue weighted by atomic mass is 10.1. The van der Waals surface area contributed by atoms with Gasteiger partial charge in [0, 0.05) is 11.1 Å². The summed E-state index contributed by atoms with van der Waals surface area (Å²) < 4.78 is 5.90. The highest BCUT2D eigenvalue weighted by Crippen LogP contribution is 2.22. The van der Waals surface area contributed by atoms with Gasteiger partial charge in [-0.15, -0.1) is 0 Å². The molecule has 3 rings (SSSR count). The zero-order valence-corrected chi connectivity index (χ0v) is 17.8. The molecule has 0 saturated carbocycles. The lowest BCUT2D eigenvalue weighted by Crippen LogP contribution is -1.97. The summed E-state index contributed by atoms with van der Waals surface area (Å²) in [7, 11) is 0. The number of benzene rings is 3. The smallest absolute Gasteiger partial charge is 0.119 e. The molecule has 0 aliphatic carbocycles. The van der Waals surface area contributed by atoms with Gasteiger partial charge in [-0.2, -0.15) is 0 Å². The van der Waals surface area contributed by atoms with E-state index in [2.05, 4.69) is 86.4 Å². The lowest BCUT2D eigenvalue weighted by molar-refractivity contribution is 0.305. The Morgan fingerprint density at radius 1 is 0.655 bits per heavy atom. The summed E-state index contributed by atoms with van der Waals surface area (Å²) >= 11 is 0. The molecule has 0 aliphatic rings. The second-order valence-corrected chi connectivity index (χ2v) is 7.68. The third-order valence-electron chi connectivity index (χ3n) is 5.20. The predicted octanol–water partition coefficient (Wildman–Crippen LogP) is 7.54. The number of unbranched alkanes of at least 4 members (excludes halogenated alkanes) is 4. The van der Waals surface area contributed by atoms with Crippen molar-refractivity contribution in [3.63, 3.8) is 0 Å². The molecule has 0 fully saturated rings. The van der Waals surface area contributed by atoms with Crippen LogP contribution in [0, 0.1) is 11.8 Å². The van der Waals surface area contributed by atoms with Crippen molar-refractivity contribution < 1.29 is 4.74 Å². The van der Waals surface area contributed by atoms with E-state index in [9.17, 15) is 0 Å². The third-order valence-corrected chi connectivity index (χ3v) is 5.20. The minimum Gasteiger partial charge on any atom is -0.494 e. The number of ether oxygens (including phenoxy) is 1. The Kier molecular flexibility index (Phi) is 8.20. The first-order valence-corrected chi connectivity index (χ1v) is 11.1. The van der Waals surface area contributed by atoms with Gasteiger partial charge < -0.3 is 4.74 Å². The first-order chi connectivity index (χ1) is 14.3. The topological polar surface area (TPSA) is 9.23 Å². The van der Waals surface area contributed by atoms with Gasteiger partial charge in [-0.25, -0.2) is 0 Å². The van der Waals surface area contributed by atoms with Crippen LogP contribution in [0.4, 0.5) is 0 Å². The van der Waals surface area contributed by atoms with Crippen molar-refractivity contribution in [1.29, 1.82) is 0 Å². The second kappa shape index (κ2) is 11.3. The predicted molar refractivity (Wildman–Crippen MR) is 125 cm³/mol. The average Bonchev–Trinajstić information content (AvgIpc) is 2.76. The van der Waals surface area contributed by atoms with E-state index >= 15 is 0 Å². The lowest BCUT2D eigenvalue weighted by Gasteiger charge is -2.07. The van der Waals surface area contributed by atoms with Crippen LogP contribution < -0.4 is 4.74 Å². The average molecular weight is 385 g/mol. The van der Waals surface area contributed by atoms with Crippen molar-refractivity contribution in [3.8, 4) is 17.6 Å². The first-order valence-electron chi connectivity index (χ1n) is 11.1. The van der Waals surface area contributed by atoms with Crippen LogP contribution in [0.5, 0.6) is 5.75 Å². The molecule has 0 bridgehead atoms. The fraction of sp³-hybridized carbons (Fsp3) is 0.357. The van der Waals surface area contributed by atoms with E-state index in [4.69, 9.17) is 4.74 Å². The van der Waals surface area contributed by atoms with E-state index in [0.29, 0.717) is 0 Å². The minimum absolute atomic E-state index is 0.798. The van der Waals surface area contributed by atoms with Crippen LogP contribution in [0.1, 0.15) is 69.1 Å². The van der Waals surface area contributed by atoms with Crippen molar-refractivity contribution >= 4 is 10.8 Å². The molecule has 0 N–H and O–H groups in total. The van der Waals surface area contributed by atoms with Crippen LogP contribution in [-0.4, -0.2) is 6.61 Å². The highest BCUT2D eigenvalue weighted by molar-refractivity contribution is 5.85. The number of rotatable bonds is 9. The normalized spacial score (nSPS) is 10.6. The second-order valence-electron chi connectivity index (χ2n) is 7.68. The van der Waals surface area contributed by atoms with Crippen LogP contribution in [0.25, 0.3) is 10.8 Å². The van der Waals surface area contributed by atoms with E-state index in [1.807, 2.05) is 0 Å². The maximum Gasteiger partial charge on any atom is 0.119 e. The fourth-order valence-corrected chi connectivity index (χ4v) is 3.39. The molecule has 3 aromatic carbocycles. The molecule has 0 heterocycles. The summed E-state index contributed by atoms with van der Waals surface area (Å²) in [6.45, 7) is 5.26. The highest BCUT2D eigenvalue weighted by atomic mass is 16.5. The Labute approximate surface area is 176 Å². The zero-order chi connectivity index (χ0) is 20.3. The molecule has 0 atom stereocenters. The third kappa shape index (κ3) is 6.68. The summed E-state index contributed by atoms with van der Waals surface area (Å²) in [6.07, 6.45) is 8.54. The molecular weight excluding hydrogens is 352 g/mol. The Bertz CT molecular complexity index is 957. The Morgan fingerprint density at radius 2 is 1.34 bits per heavy atom. The molecule has 0 radical (unpaired) electrons. The zero-order valence-electron chi connectivity index (χ0n) is 17.8. The molecule has 0 saturated heterocycles. The van der Waals surface area contributed by atoms with Crippen molar-refractivity contribution in [2.45, 2.75) is 58.8 Å². The summed E-state index contributed by atoms with van der Waals surface area (Å²) in [5.41, 5.74) is 3.50. The van der Waals surface area contributed by atoms with Gasteiger partial charge >= 0.3 is 0 Å². The number of fused-ring (bicyclic) bond motifs is 1. The SMILES string of the molecule is CCCCCCOc1ccc2cc(C#Cc3ccc(CCCC)cc3)ccc2c1. The Morgan fingerprint density at radius 3 is 2.14 bits per heavy atom. The minimum atomic E-state index is 0.798. The first kappa shape index (κ1) is 21.0. The van der Waals surface area contributed by atoms with Gasteiger partial charge in [0.2, 0.25) is 0 Å². The molecule has 3 aromatic rings.